The molecule has 0 amide bonds. The number of fused-ring (bicyclic) bond motifs is 11. The first kappa shape index (κ1) is 52.7. The predicted molar refractivity (Wildman–Crippen MR) is 389 cm³/mol. The topological polar surface area (TPSA) is 45.5 Å². The van der Waals surface area contributed by atoms with Crippen molar-refractivity contribution >= 4 is 171 Å². The minimum Gasteiger partial charge on any atom is -0.454 e. The molecule has 10 heteroatoms. The second kappa shape index (κ2) is 21.2. The number of anilines is 18. The molecule has 4 aliphatic rings. The van der Waals surface area contributed by atoms with Gasteiger partial charge in [0, 0.05) is 96.5 Å². The van der Waals surface area contributed by atoms with E-state index in [0.717, 1.165) is 130 Å². The Balaban J connectivity index is 0.960. The number of nitrogens with zero attached hydrogens (tertiary/aromatic N) is 7. The van der Waals surface area contributed by atoms with Gasteiger partial charge in [-0.15, -0.1) is 0 Å². The molecule has 8 nitrogen and oxygen atoms in total. The van der Waals surface area contributed by atoms with Crippen LogP contribution in [0.4, 0.5) is 103 Å². The first-order valence-electron chi connectivity index (χ1n) is 31.9. The number of rotatable bonds is 10. The highest BCUT2D eigenvalue weighted by atomic mass is 16.3. The second-order valence-electron chi connectivity index (χ2n) is 24.2. The monoisotopic (exact) mass is 1190 g/mol. The smallest absolute Gasteiger partial charge is 0.254 e. The van der Waals surface area contributed by atoms with Gasteiger partial charge in [-0.05, 0) is 160 Å². The molecule has 13 aromatic carbocycles. The third-order valence-corrected chi connectivity index (χ3v) is 19.1. The Labute approximate surface area is 540 Å². The van der Waals surface area contributed by atoms with E-state index < -0.39 is 0 Å². The molecular weight excluding hydrogens is 1130 g/mol. The normalized spacial score (nSPS) is 13.0. The number of furan rings is 1. The third kappa shape index (κ3) is 8.18. The van der Waals surface area contributed by atoms with Gasteiger partial charge < -0.3 is 24.0 Å². The summed E-state index contributed by atoms with van der Waals surface area (Å²) in [5.41, 5.74) is 25.5. The zero-order valence-electron chi connectivity index (χ0n) is 50.4. The summed E-state index contributed by atoms with van der Waals surface area (Å²) >= 11 is 0. The van der Waals surface area contributed by atoms with E-state index in [0.29, 0.717) is 0 Å². The van der Waals surface area contributed by atoms with Crippen LogP contribution < -0.4 is 62.2 Å². The minimum absolute atomic E-state index is 0.207. The number of benzene rings is 13. The number of pyridine rings is 1. The van der Waals surface area contributed by atoms with Gasteiger partial charge in [-0.25, -0.2) is 4.98 Å². The second-order valence-corrected chi connectivity index (χ2v) is 24.2. The van der Waals surface area contributed by atoms with Crippen molar-refractivity contribution in [1.82, 2.24) is 4.98 Å². The largest absolute Gasteiger partial charge is 0.454 e. The predicted octanol–water partition coefficient (Wildman–Crippen LogP) is 18.1. The summed E-state index contributed by atoms with van der Waals surface area (Å²) < 4.78 is 7.23. The van der Waals surface area contributed by atoms with Gasteiger partial charge in [0.05, 0.1) is 11.4 Å². The molecule has 0 aliphatic carbocycles. The average Bonchev–Trinajstić information content (AvgIpc) is 0.736. The minimum atomic E-state index is -0.278. The van der Waals surface area contributed by atoms with Crippen molar-refractivity contribution in [3.8, 4) is 0 Å². The molecule has 0 atom stereocenters. The lowest BCUT2D eigenvalue weighted by Crippen LogP contribution is -2.65. The van der Waals surface area contributed by atoms with Gasteiger partial charge in [-0.1, -0.05) is 200 Å². The van der Waals surface area contributed by atoms with Crippen molar-refractivity contribution in [2.24, 2.45) is 0 Å². The molecule has 0 N–H and O–H groups in total. The highest BCUT2D eigenvalue weighted by Gasteiger charge is 2.49. The van der Waals surface area contributed by atoms with Crippen molar-refractivity contribution in [2.45, 2.75) is 0 Å². The molecule has 0 fully saturated rings. The standard InChI is InChI=1S/C83H55B2N7O/c1-8-29-56(30-9-1)87(57-31-10-2-11-32-57)63-51-75-80-76(52-63)90(61-39-18-6-19-40-61)73-54-74-69(53-68(73)84(80)66-45-23-25-47-70(66)89(75)60-37-16-5-17-38-60)85-67-46-24-26-48-71(67)91(62-41-20-7-21-42-62)83-81(85)77(92(74)72-49-28-44-65-64-43-22-27-50-78(64)93-82(65)72)55-79(86-83)88(58-33-12-3-13-34-58)59-35-14-4-15-36-59/h1-55H. The molecule has 0 saturated carbocycles. The fourth-order valence-corrected chi connectivity index (χ4v) is 15.3. The van der Waals surface area contributed by atoms with Gasteiger partial charge in [-0.2, -0.15) is 0 Å². The Morgan fingerprint density at radius 3 is 1.24 bits per heavy atom. The summed E-state index contributed by atoms with van der Waals surface area (Å²) in [6.07, 6.45) is 0. The van der Waals surface area contributed by atoms with Crippen molar-refractivity contribution in [1.29, 1.82) is 0 Å². The summed E-state index contributed by atoms with van der Waals surface area (Å²) in [6, 6.07) is 121. The lowest BCUT2D eigenvalue weighted by molar-refractivity contribution is 0.669. The van der Waals surface area contributed by atoms with E-state index in [4.69, 9.17) is 9.40 Å². The Bertz CT molecular complexity index is 5310. The number of para-hydroxylation sites is 11. The molecule has 0 radical (unpaired) electrons. The van der Waals surface area contributed by atoms with Crippen molar-refractivity contribution < 1.29 is 4.42 Å². The number of hydrogen-bond acceptors (Lipinski definition) is 8. The van der Waals surface area contributed by atoms with E-state index in [9.17, 15) is 0 Å². The van der Waals surface area contributed by atoms with Crippen LogP contribution in [0.5, 0.6) is 0 Å². The van der Waals surface area contributed by atoms with Crippen LogP contribution in [-0.4, -0.2) is 18.4 Å². The molecule has 93 heavy (non-hydrogen) atoms. The van der Waals surface area contributed by atoms with Crippen LogP contribution in [0.3, 0.4) is 0 Å². The molecule has 0 unspecified atom stereocenters. The van der Waals surface area contributed by atoms with Crippen LogP contribution in [0.25, 0.3) is 21.9 Å². The van der Waals surface area contributed by atoms with Gasteiger partial charge in [0.15, 0.2) is 5.58 Å². The van der Waals surface area contributed by atoms with E-state index in [1.54, 1.807) is 0 Å². The summed E-state index contributed by atoms with van der Waals surface area (Å²) in [5, 5.41) is 2.11. The number of aromatic nitrogens is 1. The molecule has 0 spiro atoms. The average molecular weight is 1190 g/mol. The van der Waals surface area contributed by atoms with Gasteiger partial charge in [0.2, 0.25) is 0 Å². The summed E-state index contributed by atoms with van der Waals surface area (Å²) in [6.45, 7) is -0.486. The molecule has 6 heterocycles. The Hall–Kier alpha value is -12.3. The molecule has 0 bridgehead atoms. The van der Waals surface area contributed by atoms with E-state index in [1.165, 1.54) is 27.3 Å². The zero-order chi connectivity index (χ0) is 61.1. The first-order valence-corrected chi connectivity index (χ1v) is 31.9. The molecule has 4 aliphatic heterocycles. The quantitative estimate of drug-likeness (QED) is 0.126. The Morgan fingerprint density at radius 2 is 0.677 bits per heavy atom. The maximum absolute atomic E-state index is 7.23. The SMILES string of the molecule is c1ccc(N(c2ccccc2)c2cc3c4c(c2)N(c2ccccc2)c2cc5c(cc2B4c2ccccc2N3c2ccccc2)B2c3ccccc3N(c3ccccc3)c3nc(N(c4ccccc4)c4ccccc4)cc(c32)N5c2cccc3c2oc2ccccc23)cc1. The van der Waals surface area contributed by atoms with E-state index >= 15 is 0 Å². The fraction of sp³-hybridized carbons (Fsp3) is 0. The fourth-order valence-electron chi connectivity index (χ4n) is 15.3. The van der Waals surface area contributed by atoms with Crippen LogP contribution in [-0.2, 0) is 0 Å². The van der Waals surface area contributed by atoms with Crippen LogP contribution in [0, 0.1) is 0 Å². The van der Waals surface area contributed by atoms with Crippen molar-refractivity contribution in [2.75, 3.05) is 29.4 Å². The van der Waals surface area contributed by atoms with E-state index in [-0.39, 0.29) is 13.4 Å². The van der Waals surface area contributed by atoms with Gasteiger partial charge in [0.1, 0.15) is 17.2 Å². The zero-order valence-corrected chi connectivity index (χ0v) is 50.4. The third-order valence-electron chi connectivity index (χ3n) is 19.1. The molecule has 434 valence electrons. The van der Waals surface area contributed by atoms with Crippen LogP contribution in [0.1, 0.15) is 0 Å². The summed E-state index contributed by atoms with van der Waals surface area (Å²) in [5.74, 6) is 1.62. The lowest BCUT2D eigenvalue weighted by Gasteiger charge is -2.47. The summed E-state index contributed by atoms with van der Waals surface area (Å²) in [4.78, 5) is 20.7. The van der Waals surface area contributed by atoms with Crippen LogP contribution in [0.2, 0.25) is 0 Å². The molecule has 15 aromatic rings. The first-order chi connectivity index (χ1) is 46.2. The van der Waals surface area contributed by atoms with E-state index in [2.05, 4.69) is 363 Å². The van der Waals surface area contributed by atoms with E-state index in [1.807, 2.05) is 0 Å². The van der Waals surface area contributed by atoms with Gasteiger partial charge in [0.25, 0.3) is 13.4 Å². The molecular formula is C83H55B2N7O. The van der Waals surface area contributed by atoms with Gasteiger partial charge >= 0.3 is 0 Å². The maximum atomic E-state index is 7.23. The highest BCUT2D eigenvalue weighted by Crippen LogP contribution is 2.53. The Morgan fingerprint density at radius 1 is 0.269 bits per heavy atom. The summed E-state index contributed by atoms with van der Waals surface area (Å²) in [7, 11) is 0. The highest BCUT2D eigenvalue weighted by molar-refractivity contribution is 7.03. The maximum Gasteiger partial charge on any atom is 0.254 e. The van der Waals surface area contributed by atoms with Gasteiger partial charge in [-0.3, -0.25) is 9.80 Å². The number of hydrogen-bond donors (Lipinski definition) is 0. The van der Waals surface area contributed by atoms with Crippen LogP contribution >= 0.6 is 0 Å². The van der Waals surface area contributed by atoms with Crippen LogP contribution in [0.15, 0.2) is 338 Å². The molecule has 0 saturated heterocycles. The van der Waals surface area contributed by atoms with Crippen molar-refractivity contribution in [3.63, 3.8) is 0 Å². The molecule has 19 rings (SSSR count). The lowest BCUT2D eigenvalue weighted by atomic mass is 9.30. The Kier molecular flexibility index (Phi) is 12.0. The van der Waals surface area contributed by atoms with Crippen molar-refractivity contribution in [3.05, 3.63) is 334 Å². The molecule has 2 aromatic heterocycles.